The third-order valence-electron chi connectivity index (χ3n) is 11.3. The molecule has 0 heterocycles. The standard InChI is InChI=1S/C26H40F6O3/c1-14(6-11-24(35,25(27,28)29)26(30,31)32)17-4-5-18-16-13-21(34)20-12-15(33)7-9-23(20,3)19(16)8-10-22(17,18)2/h14-21,33-35H,4-13H2,1-3H3/t14?,15-,16?,17?,18?,19?,20+,21+,22?,23?/m1/s1. The zero-order valence-electron chi connectivity index (χ0n) is 20.8. The smallest absolute Gasteiger partial charge is 0.393 e. The molecule has 0 amide bonds. The highest BCUT2D eigenvalue weighted by Gasteiger charge is 2.70. The molecule has 0 radical (unpaired) electrons. The SMILES string of the molecule is CC(CCC(O)(C(F)(F)F)C(F)(F)F)C1CCC2C3C[C@H](O)[C@@H]4C[C@H](O)CCC4(C)C3CCC12C. The normalized spacial score (nSPS) is 45.4. The van der Waals surface area contributed by atoms with E-state index in [1.165, 1.54) is 0 Å². The summed E-state index contributed by atoms with van der Waals surface area (Å²) in [6.07, 6.45) is -7.87. The van der Waals surface area contributed by atoms with Gasteiger partial charge in [0.1, 0.15) is 0 Å². The van der Waals surface area contributed by atoms with Crippen LogP contribution in [0, 0.1) is 46.3 Å². The zero-order valence-corrected chi connectivity index (χ0v) is 20.8. The molecule has 4 aliphatic carbocycles. The van der Waals surface area contributed by atoms with Crippen LogP contribution >= 0.6 is 0 Å². The highest BCUT2D eigenvalue weighted by molar-refractivity contribution is 5.11. The van der Waals surface area contributed by atoms with Gasteiger partial charge in [0, 0.05) is 0 Å². The number of halogens is 6. The van der Waals surface area contributed by atoms with Gasteiger partial charge in [0.2, 0.25) is 0 Å². The molecule has 9 heteroatoms. The van der Waals surface area contributed by atoms with E-state index < -0.39 is 30.5 Å². The van der Waals surface area contributed by atoms with Gasteiger partial charge in [-0.2, -0.15) is 26.3 Å². The third kappa shape index (κ3) is 4.23. The molecule has 0 aromatic heterocycles. The Balaban J connectivity index is 1.50. The Kier molecular flexibility index (Phi) is 6.88. The van der Waals surface area contributed by atoms with Crippen molar-refractivity contribution in [3.05, 3.63) is 0 Å². The second kappa shape index (κ2) is 8.75. The lowest BCUT2D eigenvalue weighted by Crippen LogP contribution is -2.58. The predicted octanol–water partition coefficient (Wildman–Crippen LogP) is 6.25. The number of hydrogen-bond donors (Lipinski definition) is 3. The predicted molar refractivity (Wildman–Crippen MR) is 118 cm³/mol. The monoisotopic (exact) mass is 514 g/mol. The van der Waals surface area contributed by atoms with Crippen LogP contribution in [0.25, 0.3) is 0 Å². The first-order valence-corrected chi connectivity index (χ1v) is 13.2. The fourth-order valence-corrected chi connectivity index (χ4v) is 9.34. The summed E-state index contributed by atoms with van der Waals surface area (Å²) in [5, 5.41) is 30.9. The number of fused-ring (bicyclic) bond motifs is 5. The van der Waals surface area contributed by atoms with Crippen molar-refractivity contribution in [1.82, 2.24) is 0 Å². The molecule has 0 spiro atoms. The van der Waals surface area contributed by atoms with Crippen molar-refractivity contribution in [1.29, 1.82) is 0 Å². The van der Waals surface area contributed by atoms with Crippen molar-refractivity contribution < 1.29 is 41.7 Å². The van der Waals surface area contributed by atoms with Crippen molar-refractivity contribution >= 4 is 0 Å². The molecular weight excluding hydrogens is 474 g/mol. The van der Waals surface area contributed by atoms with Gasteiger partial charge in [0.25, 0.3) is 5.60 Å². The number of alkyl halides is 6. The molecule has 35 heavy (non-hydrogen) atoms. The van der Waals surface area contributed by atoms with Gasteiger partial charge in [0.05, 0.1) is 12.2 Å². The second-order valence-corrected chi connectivity index (χ2v) is 12.8. The van der Waals surface area contributed by atoms with Crippen molar-refractivity contribution in [3.8, 4) is 0 Å². The van der Waals surface area contributed by atoms with Crippen molar-refractivity contribution in [2.75, 3.05) is 0 Å². The average molecular weight is 515 g/mol. The number of hydrogen-bond acceptors (Lipinski definition) is 3. The molecule has 4 aliphatic rings. The van der Waals surface area contributed by atoms with Gasteiger partial charge in [-0.1, -0.05) is 20.8 Å². The Morgan fingerprint density at radius 2 is 1.37 bits per heavy atom. The largest absolute Gasteiger partial charge is 0.426 e. The molecule has 3 N–H and O–H groups in total. The van der Waals surface area contributed by atoms with Gasteiger partial charge in [0.15, 0.2) is 0 Å². The minimum Gasteiger partial charge on any atom is -0.393 e. The van der Waals surface area contributed by atoms with Gasteiger partial charge in [-0.05, 0) is 111 Å². The Hall–Kier alpha value is -0.540. The summed E-state index contributed by atoms with van der Waals surface area (Å²) in [5.74, 6) is 0.623. The van der Waals surface area contributed by atoms with Crippen molar-refractivity contribution in [2.24, 2.45) is 46.3 Å². The van der Waals surface area contributed by atoms with Gasteiger partial charge >= 0.3 is 12.4 Å². The summed E-state index contributed by atoms with van der Waals surface area (Å²) in [5.41, 5.74) is -4.94. The number of aliphatic hydroxyl groups is 3. The Morgan fingerprint density at radius 1 is 0.800 bits per heavy atom. The van der Waals surface area contributed by atoms with Crippen LogP contribution in [0.1, 0.15) is 85.0 Å². The fourth-order valence-electron chi connectivity index (χ4n) is 9.34. The first-order chi connectivity index (χ1) is 16.0. The third-order valence-corrected chi connectivity index (χ3v) is 11.3. The summed E-state index contributed by atoms with van der Waals surface area (Å²) in [7, 11) is 0. The van der Waals surface area contributed by atoms with E-state index in [4.69, 9.17) is 0 Å². The highest BCUT2D eigenvalue weighted by atomic mass is 19.4. The van der Waals surface area contributed by atoms with Crippen LogP contribution in [0.4, 0.5) is 26.3 Å². The minimum absolute atomic E-state index is 0.0185. The summed E-state index contributed by atoms with van der Waals surface area (Å²) >= 11 is 0. The Bertz CT molecular complexity index is 770. The molecule has 10 atom stereocenters. The molecule has 4 rings (SSSR count). The van der Waals surface area contributed by atoms with E-state index in [1.807, 2.05) is 0 Å². The summed E-state index contributed by atoms with van der Waals surface area (Å²) in [4.78, 5) is 0. The van der Waals surface area contributed by atoms with Gasteiger partial charge < -0.3 is 15.3 Å². The molecule has 0 bridgehead atoms. The van der Waals surface area contributed by atoms with Crippen molar-refractivity contribution in [2.45, 2.75) is 115 Å². The van der Waals surface area contributed by atoms with Crippen LogP contribution in [-0.4, -0.2) is 45.5 Å². The summed E-state index contributed by atoms with van der Waals surface area (Å²) in [6, 6.07) is 0. The quantitative estimate of drug-likeness (QED) is 0.389. The summed E-state index contributed by atoms with van der Waals surface area (Å²) < 4.78 is 79.1. The number of rotatable bonds is 4. The second-order valence-electron chi connectivity index (χ2n) is 12.8. The molecule has 4 saturated carbocycles. The van der Waals surface area contributed by atoms with Crippen LogP contribution in [0.3, 0.4) is 0 Å². The maximum Gasteiger partial charge on any atom is 0.426 e. The molecule has 0 aromatic rings. The van der Waals surface area contributed by atoms with E-state index >= 15 is 0 Å². The first kappa shape index (κ1) is 27.5. The highest BCUT2D eigenvalue weighted by Crippen LogP contribution is 2.68. The lowest BCUT2D eigenvalue weighted by atomic mass is 9.43. The molecule has 7 unspecified atom stereocenters. The first-order valence-electron chi connectivity index (χ1n) is 13.2. The van der Waals surface area contributed by atoms with Gasteiger partial charge in [-0.3, -0.25) is 0 Å². The Labute approximate surface area is 203 Å². The van der Waals surface area contributed by atoms with Crippen LogP contribution in [-0.2, 0) is 0 Å². The van der Waals surface area contributed by atoms with E-state index in [-0.39, 0.29) is 52.9 Å². The maximum absolute atomic E-state index is 13.2. The van der Waals surface area contributed by atoms with Crippen LogP contribution in [0.5, 0.6) is 0 Å². The van der Waals surface area contributed by atoms with E-state index in [2.05, 4.69) is 13.8 Å². The number of aliphatic hydroxyl groups excluding tert-OH is 2. The zero-order chi connectivity index (χ0) is 26.2. The molecule has 0 saturated heterocycles. The topological polar surface area (TPSA) is 60.7 Å². The minimum atomic E-state index is -5.77. The lowest BCUT2D eigenvalue weighted by Gasteiger charge is -2.62. The Morgan fingerprint density at radius 3 is 1.97 bits per heavy atom. The molecule has 3 nitrogen and oxygen atoms in total. The van der Waals surface area contributed by atoms with Crippen LogP contribution < -0.4 is 0 Å². The molecule has 204 valence electrons. The van der Waals surface area contributed by atoms with E-state index in [0.717, 1.165) is 38.5 Å². The molecule has 4 fully saturated rings. The fraction of sp³-hybridized carbons (Fsp3) is 1.00. The van der Waals surface area contributed by atoms with E-state index in [9.17, 15) is 41.7 Å². The molecule has 0 aliphatic heterocycles. The average Bonchev–Trinajstić information content (AvgIpc) is 3.09. The van der Waals surface area contributed by atoms with Crippen LogP contribution in [0.15, 0.2) is 0 Å². The van der Waals surface area contributed by atoms with Crippen LogP contribution in [0.2, 0.25) is 0 Å². The van der Waals surface area contributed by atoms with Crippen molar-refractivity contribution in [3.63, 3.8) is 0 Å². The lowest BCUT2D eigenvalue weighted by molar-refractivity contribution is -0.370. The van der Waals surface area contributed by atoms with Gasteiger partial charge in [-0.15, -0.1) is 0 Å². The van der Waals surface area contributed by atoms with Gasteiger partial charge in [-0.25, -0.2) is 0 Å². The van der Waals surface area contributed by atoms with E-state index in [1.54, 1.807) is 6.92 Å². The molecule has 0 aromatic carbocycles. The molecular formula is C26H40F6O3. The summed E-state index contributed by atoms with van der Waals surface area (Å²) in [6.45, 7) is 6.12. The van der Waals surface area contributed by atoms with E-state index in [0.29, 0.717) is 18.8 Å². The maximum atomic E-state index is 13.2.